The summed E-state index contributed by atoms with van der Waals surface area (Å²) < 4.78 is 30.7. The van der Waals surface area contributed by atoms with Crippen LogP contribution in [0.2, 0.25) is 4.34 Å². The first kappa shape index (κ1) is 20.6. The number of anilines is 1. The summed E-state index contributed by atoms with van der Waals surface area (Å²) in [5, 5.41) is 12.0. The average Bonchev–Trinajstić information content (AvgIpc) is 3.37. The fourth-order valence-corrected chi connectivity index (χ4v) is 7.79. The van der Waals surface area contributed by atoms with Gasteiger partial charge in [-0.2, -0.15) is 0 Å². The minimum absolute atomic E-state index is 0.0852. The standard InChI is InChI=1S/C21H13ClN2O3S4/c22-18-9-10-19(30-18)31(26,27)24-15-11-17(20(25)13-6-2-1-5-12(13)15)29-21-23-14-7-3-4-8-16(14)28-21/h1-11,24-25H. The maximum atomic E-state index is 12.9. The van der Waals surface area contributed by atoms with Gasteiger partial charge in [-0.05, 0) is 30.3 Å². The molecule has 5 rings (SSSR count). The zero-order valence-corrected chi connectivity index (χ0v) is 19.6. The van der Waals surface area contributed by atoms with E-state index < -0.39 is 10.0 Å². The van der Waals surface area contributed by atoms with E-state index >= 15 is 0 Å². The smallest absolute Gasteiger partial charge is 0.271 e. The van der Waals surface area contributed by atoms with Crippen molar-refractivity contribution in [1.29, 1.82) is 0 Å². The van der Waals surface area contributed by atoms with Gasteiger partial charge in [-0.15, -0.1) is 22.7 Å². The summed E-state index contributed by atoms with van der Waals surface area (Å²) in [6, 6.07) is 19.6. The second kappa shape index (κ2) is 7.99. The fourth-order valence-electron chi connectivity index (χ4n) is 3.12. The molecule has 0 unspecified atom stereocenters. The Kier molecular flexibility index (Phi) is 5.31. The molecule has 2 heterocycles. The van der Waals surface area contributed by atoms with Gasteiger partial charge in [0.15, 0.2) is 4.34 Å². The van der Waals surface area contributed by atoms with Crippen molar-refractivity contribution >= 4 is 82.7 Å². The lowest BCUT2D eigenvalue weighted by molar-refractivity contribution is 0.469. The third-order valence-corrected chi connectivity index (χ3v) is 9.73. The number of rotatable bonds is 5. The molecule has 0 aliphatic carbocycles. The number of nitrogens with zero attached hydrogens (tertiary/aromatic N) is 1. The number of para-hydroxylation sites is 1. The maximum Gasteiger partial charge on any atom is 0.271 e. The number of hydrogen-bond acceptors (Lipinski definition) is 7. The Balaban J connectivity index is 1.60. The Hall–Kier alpha value is -2.30. The average molecular weight is 505 g/mol. The summed E-state index contributed by atoms with van der Waals surface area (Å²) in [6.07, 6.45) is 0. The Morgan fingerprint density at radius 3 is 2.45 bits per heavy atom. The topological polar surface area (TPSA) is 79.3 Å². The second-order valence-corrected chi connectivity index (χ2v) is 12.5. The lowest BCUT2D eigenvalue weighted by Gasteiger charge is -2.13. The summed E-state index contributed by atoms with van der Waals surface area (Å²) in [4.78, 5) is 5.12. The molecular formula is C21H13ClN2O3S4. The van der Waals surface area contributed by atoms with Crippen LogP contribution in [0.4, 0.5) is 5.69 Å². The lowest BCUT2D eigenvalue weighted by Crippen LogP contribution is -2.11. The lowest BCUT2D eigenvalue weighted by atomic mass is 10.1. The molecule has 156 valence electrons. The number of benzene rings is 3. The van der Waals surface area contributed by atoms with Crippen molar-refractivity contribution in [3.63, 3.8) is 0 Å². The number of thiazole rings is 1. The van der Waals surface area contributed by atoms with Gasteiger partial charge in [0.1, 0.15) is 9.96 Å². The molecule has 0 aliphatic heterocycles. The van der Waals surface area contributed by atoms with Crippen LogP contribution in [0.15, 0.2) is 80.2 Å². The SMILES string of the molecule is O=S(=O)(Nc1cc(Sc2nc3ccccc3s2)c(O)c2ccccc12)c1ccc(Cl)s1. The third kappa shape index (κ3) is 3.99. The van der Waals surface area contributed by atoms with Gasteiger partial charge in [-0.1, -0.05) is 59.8 Å². The number of hydrogen-bond donors (Lipinski definition) is 2. The first-order valence-electron chi connectivity index (χ1n) is 8.97. The first-order chi connectivity index (χ1) is 14.9. The number of thiophene rings is 1. The maximum absolute atomic E-state index is 12.9. The number of halogens is 1. The van der Waals surface area contributed by atoms with E-state index in [2.05, 4.69) is 9.71 Å². The molecule has 0 saturated heterocycles. The molecule has 0 radical (unpaired) electrons. The van der Waals surface area contributed by atoms with Crippen LogP contribution in [0.1, 0.15) is 0 Å². The third-order valence-electron chi connectivity index (χ3n) is 4.51. The van der Waals surface area contributed by atoms with Crippen LogP contribution >= 0.6 is 46.0 Å². The summed E-state index contributed by atoms with van der Waals surface area (Å²) in [7, 11) is -3.83. The second-order valence-electron chi connectivity index (χ2n) is 6.53. The monoisotopic (exact) mass is 504 g/mol. The highest BCUT2D eigenvalue weighted by Crippen LogP contribution is 2.44. The molecule has 3 aromatic carbocycles. The van der Waals surface area contributed by atoms with Crippen molar-refractivity contribution in [3.05, 3.63) is 71.1 Å². The Labute approximate surface area is 195 Å². The normalized spacial score (nSPS) is 11.9. The highest BCUT2D eigenvalue weighted by Gasteiger charge is 2.21. The van der Waals surface area contributed by atoms with Gasteiger partial charge >= 0.3 is 0 Å². The number of nitrogens with one attached hydrogen (secondary N) is 1. The number of phenolic OH excluding ortho intramolecular Hbond substituents is 1. The molecule has 0 spiro atoms. The molecule has 0 fully saturated rings. The Morgan fingerprint density at radius 2 is 1.71 bits per heavy atom. The first-order valence-corrected chi connectivity index (χ1v) is 13.3. The van der Waals surface area contributed by atoms with Crippen LogP contribution in [0, 0.1) is 0 Å². The van der Waals surface area contributed by atoms with Gasteiger partial charge < -0.3 is 5.11 Å². The van der Waals surface area contributed by atoms with E-state index in [1.54, 1.807) is 36.4 Å². The minimum Gasteiger partial charge on any atom is -0.506 e. The van der Waals surface area contributed by atoms with Crippen molar-refractivity contribution in [2.45, 2.75) is 13.4 Å². The van der Waals surface area contributed by atoms with E-state index in [4.69, 9.17) is 11.6 Å². The van der Waals surface area contributed by atoms with Crippen molar-refractivity contribution < 1.29 is 13.5 Å². The van der Waals surface area contributed by atoms with E-state index in [1.165, 1.54) is 29.2 Å². The number of sulfonamides is 1. The van der Waals surface area contributed by atoms with E-state index in [0.29, 0.717) is 25.7 Å². The molecule has 5 aromatic rings. The van der Waals surface area contributed by atoms with Gasteiger partial charge in [0, 0.05) is 10.8 Å². The molecule has 5 nitrogen and oxygen atoms in total. The highest BCUT2D eigenvalue weighted by atomic mass is 35.5. The Bertz CT molecular complexity index is 1510. The van der Waals surface area contributed by atoms with Crippen LogP contribution in [-0.4, -0.2) is 18.5 Å². The molecule has 2 aromatic heterocycles. The van der Waals surface area contributed by atoms with Crippen LogP contribution in [0.3, 0.4) is 0 Å². The van der Waals surface area contributed by atoms with Gasteiger partial charge in [0.25, 0.3) is 10.0 Å². The molecule has 0 amide bonds. The zero-order chi connectivity index (χ0) is 21.6. The van der Waals surface area contributed by atoms with Crippen LogP contribution < -0.4 is 4.72 Å². The Morgan fingerprint density at radius 1 is 0.968 bits per heavy atom. The molecule has 10 heteroatoms. The minimum atomic E-state index is -3.83. The van der Waals surface area contributed by atoms with Crippen molar-refractivity contribution in [2.24, 2.45) is 0 Å². The van der Waals surface area contributed by atoms with E-state index in [1.807, 2.05) is 24.3 Å². The van der Waals surface area contributed by atoms with E-state index in [0.717, 1.165) is 25.9 Å². The van der Waals surface area contributed by atoms with Crippen molar-refractivity contribution in [1.82, 2.24) is 4.98 Å². The summed E-state index contributed by atoms with van der Waals surface area (Å²) in [5.74, 6) is 0.0852. The summed E-state index contributed by atoms with van der Waals surface area (Å²) in [6.45, 7) is 0. The van der Waals surface area contributed by atoms with Crippen LogP contribution in [0.25, 0.3) is 21.0 Å². The van der Waals surface area contributed by atoms with E-state index in [-0.39, 0.29) is 9.96 Å². The van der Waals surface area contributed by atoms with Gasteiger partial charge in [0.05, 0.1) is 25.1 Å². The molecule has 0 saturated carbocycles. The number of phenols is 1. The summed E-state index contributed by atoms with van der Waals surface area (Å²) >= 11 is 9.71. The number of aromatic hydroxyl groups is 1. The van der Waals surface area contributed by atoms with Crippen molar-refractivity contribution in [3.8, 4) is 5.75 Å². The zero-order valence-electron chi connectivity index (χ0n) is 15.6. The van der Waals surface area contributed by atoms with Gasteiger partial charge in [-0.3, -0.25) is 4.72 Å². The molecular weight excluding hydrogens is 492 g/mol. The predicted octanol–water partition coefficient (Wildman–Crippen LogP) is 6.82. The molecule has 0 atom stereocenters. The van der Waals surface area contributed by atoms with Crippen molar-refractivity contribution in [2.75, 3.05) is 4.72 Å². The number of aromatic nitrogens is 1. The van der Waals surface area contributed by atoms with Gasteiger partial charge in [0.2, 0.25) is 0 Å². The highest BCUT2D eigenvalue weighted by molar-refractivity contribution is 8.01. The molecule has 31 heavy (non-hydrogen) atoms. The summed E-state index contributed by atoms with van der Waals surface area (Å²) in [5.41, 5.74) is 1.26. The van der Waals surface area contributed by atoms with Crippen LogP contribution in [0.5, 0.6) is 5.75 Å². The molecule has 0 aliphatic rings. The number of fused-ring (bicyclic) bond motifs is 2. The predicted molar refractivity (Wildman–Crippen MR) is 129 cm³/mol. The van der Waals surface area contributed by atoms with Gasteiger partial charge in [-0.25, -0.2) is 13.4 Å². The molecule has 0 bridgehead atoms. The largest absolute Gasteiger partial charge is 0.506 e. The fraction of sp³-hybridized carbons (Fsp3) is 0. The quantitative estimate of drug-likeness (QED) is 0.257. The van der Waals surface area contributed by atoms with Crippen LogP contribution in [-0.2, 0) is 10.0 Å². The molecule has 2 N–H and O–H groups in total. The van der Waals surface area contributed by atoms with E-state index in [9.17, 15) is 13.5 Å².